The average Bonchev–Trinajstić information content (AvgIpc) is 3.00. The van der Waals surface area contributed by atoms with Crippen molar-refractivity contribution in [2.24, 2.45) is 10.9 Å². The van der Waals surface area contributed by atoms with E-state index in [1.54, 1.807) is 7.05 Å². The summed E-state index contributed by atoms with van der Waals surface area (Å²) in [6, 6.07) is 1.99. The Labute approximate surface area is 158 Å². The van der Waals surface area contributed by atoms with Gasteiger partial charge in [0.05, 0.1) is 12.2 Å². The van der Waals surface area contributed by atoms with Gasteiger partial charge in [0.15, 0.2) is 11.7 Å². The summed E-state index contributed by atoms with van der Waals surface area (Å²) in [6.45, 7) is 8.16. The molecular formula is C17H33IN4O. The summed E-state index contributed by atoms with van der Waals surface area (Å²) >= 11 is 0. The summed E-state index contributed by atoms with van der Waals surface area (Å²) in [4.78, 5) is 4.27. The molecule has 1 unspecified atom stereocenters. The van der Waals surface area contributed by atoms with E-state index in [2.05, 4.69) is 41.6 Å². The van der Waals surface area contributed by atoms with Gasteiger partial charge in [-0.2, -0.15) is 0 Å². The van der Waals surface area contributed by atoms with Crippen LogP contribution in [0.3, 0.4) is 0 Å². The van der Waals surface area contributed by atoms with E-state index in [0.717, 1.165) is 36.3 Å². The number of hydrogen-bond acceptors (Lipinski definition) is 3. The highest BCUT2D eigenvalue weighted by Crippen LogP contribution is 2.13. The van der Waals surface area contributed by atoms with Gasteiger partial charge >= 0.3 is 0 Å². The molecule has 1 heterocycles. The lowest BCUT2D eigenvalue weighted by molar-refractivity contribution is 0.374. The topological polar surface area (TPSA) is 62.5 Å². The third kappa shape index (κ3) is 9.17. The van der Waals surface area contributed by atoms with Gasteiger partial charge in [-0.05, 0) is 25.2 Å². The molecule has 134 valence electrons. The molecular weight excluding hydrogens is 403 g/mol. The van der Waals surface area contributed by atoms with Crippen LogP contribution in [0.1, 0.15) is 64.3 Å². The number of guanidine groups is 1. The van der Waals surface area contributed by atoms with Gasteiger partial charge in [-0.3, -0.25) is 4.99 Å². The first-order valence-electron chi connectivity index (χ1n) is 8.62. The maximum atomic E-state index is 5.27. The van der Waals surface area contributed by atoms with Crippen LogP contribution in [-0.2, 0) is 13.0 Å². The molecule has 1 aromatic rings. The van der Waals surface area contributed by atoms with Crippen LogP contribution in [0.2, 0.25) is 0 Å². The van der Waals surface area contributed by atoms with Crippen LogP contribution < -0.4 is 10.6 Å². The third-order valence-corrected chi connectivity index (χ3v) is 3.84. The van der Waals surface area contributed by atoms with Gasteiger partial charge in [-0.15, -0.1) is 24.0 Å². The van der Waals surface area contributed by atoms with Crippen molar-refractivity contribution >= 4 is 29.9 Å². The van der Waals surface area contributed by atoms with E-state index in [1.165, 1.54) is 32.1 Å². The quantitative estimate of drug-likeness (QED) is 0.329. The van der Waals surface area contributed by atoms with E-state index in [0.29, 0.717) is 6.54 Å². The Morgan fingerprint density at radius 3 is 2.57 bits per heavy atom. The Morgan fingerprint density at radius 2 is 2.00 bits per heavy atom. The maximum absolute atomic E-state index is 5.27. The molecule has 0 saturated carbocycles. The van der Waals surface area contributed by atoms with Gasteiger partial charge in [0, 0.05) is 19.7 Å². The lowest BCUT2D eigenvalue weighted by Gasteiger charge is -2.18. The number of unbranched alkanes of at least 4 members (excludes halogenated alkanes) is 1. The Morgan fingerprint density at radius 1 is 1.22 bits per heavy atom. The van der Waals surface area contributed by atoms with Gasteiger partial charge in [0.1, 0.15) is 0 Å². The van der Waals surface area contributed by atoms with Crippen LogP contribution in [0.5, 0.6) is 0 Å². The van der Waals surface area contributed by atoms with Crippen LogP contribution >= 0.6 is 24.0 Å². The highest BCUT2D eigenvalue weighted by atomic mass is 127. The van der Waals surface area contributed by atoms with Gasteiger partial charge in [0.25, 0.3) is 0 Å². The second kappa shape index (κ2) is 13.6. The Kier molecular flexibility index (Phi) is 13.2. The molecule has 0 amide bonds. The Bertz CT molecular complexity index is 434. The monoisotopic (exact) mass is 436 g/mol. The molecule has 0 saturated heterocycles. The molecule has 1 atom stereocenters. The van der Waals surface area contributed by atoms with Gasteiger partial charge in [-0.1, -0.05) is 45.2 Å². The number of halogens is 1. The van der Waals surface area contributed by atoms with Crippen molar-refractivity contribution in [1.29, 1.82) is 0 Å². The fraction of sp³-hybridized carbons (Fsp3) is 0.765. The number of rotatable bonds is 10. The number of aromatic nitrogens is 1. The zero-order valence-electron chi connectivity index (χ0n) is 15.0. The average molecular weight is 436 g/mol. The first-order valence-corrected chi connectivity index (χ1v) is 8.62. The van der Waals surface area contributed by atoms with Gasteiger partial charge < -0.3 is 15.2 Å². The Balaban J connectivity index is 0.00000484. The summed E-state index contributed by atoms with van der Waals surface area (Å²) in [5, 5.41) is 10.7. The predicted octanol–water partition coefficient (Wildman–Crippen LogP) is 4.13. The molecule has 1 aromatic heterocycles. The van der Waals surface area contributed by atoms with Crippen LogP contribution in [-0.4, -0.2) is 24.7 Å². The van der Waals surface area contributed by atoms with Crippen molar-refractivity contribution < 1.29 is 4.52 Å². The van der Waals surface area contributed by atoms with Crippen molar-refractivity contribution in [1.82, 2.24) is 15.8 Å². The number of hydrogen-bond donors (Lipinski definition) is 2. The molecule has 0 radical (unpaired) electrons. The fourth-order valence-electron chi connectivity index (χ4n) is 2.49. The molecule has 5 nitrogen and oxygen atoms in total. The van der Waals surface area contributed by atoms with E-state index in [1.807, 2.05) is 6.07 Å². The van der Waals surface area contributed by atoms with Crippen LogP contribution in [0.25, 0.3) is 0 Å². The fourth-order valence-corrected chi connectivity index (χ4v) is 2.49. The molecule has 0 aliphatic rings. The smallest absolute Gasteiger partial charge is 0.191 e. The Hall–Kier alpha value is -0.790. The second-order valence-electron chi connectivity index (χ2n) is 5.74. The minimum atomic E-state index is 0. The van der Waals surface area contributed by atoms with Gasteiger partial charge in [-0.25, -0.2) is 0 Å². The SMILES string of the molecule is CCCCC(CCC)CNC(=NC)NCc1cc(CC)no1.I. The summed E-state index contributed by atoms with van der Waals surface area (Å²) in [5.41, 5.74) is 0.988. The molecule has 1 rings (SSSR count). The maximum Gasteiger partial charge on any atom is 0.191 e. The van der Waals surface area contributed by atoms with E-state index >= 15 is 0 Å². The van der Waals surface area contributed by atoms with E-state index < -0.39 is 0 Å². The first kappa shape index (κ1) is 22.2. The van der Waals surface area contributed by atoms with Crippen molar-refractivity contribution in [3.8, 4) is 0 Å². The first-order chi connectivity index (χ1) is 10.7. The van der Waals surface area contributed by atoms with Crippen molar-refractivity contribution in [3.05, 3.63) is 17.5 Å². The van der Waals surface area contributed by atoms with Crippen LogP contribution in [0.4, 0.5) is 0 Å². The molecule has 0 aliphatic heterocycles. The van der Waals surface area contributed by atoms with E-state index in [-0.39, 0.29) is 24.0 Å². The third-order valence-electron chi connectivity index (χ3n) is 3.84. The largest absolute Gasteiger partial charge is 0.359 e. The zero-order chi connectivity index (χ0) is 16.2. The highest BCUT2D eigenvalue weighted by Gasteiger charge is 2.09. The number of nitrogens with zero attached hydrogens (tertiary/aromatic N) is 2. The lowest BCUT2D eigenvalue weighted by Crippen LogP contribution is -2.39. The lowest BCUT2D eigenvalue weighted by atomic mass is 9.97. The molecule has 6 heteroatoms. The van der Waals surface area contributed by atoms with Crippen molar-refractivity contribution in [2.75, 3.05) is 13.6 Å². The molecule has 0 spiro atoms. The summed E-state index contributed by atoms with van der Waals surface area (Å²) in [7, 11) is 1.80. The van der Waals surface area contributed by atoms with Crippen molar-refractivity contribution in [2.45, 2.75) is 65.8 Å². The molecule has 0 aromatic carbocycles. The number of aliphatic imine (C=N–C) groups is 1. The molecule has 0 fully saturated rings. The second-order valence-corrected chi connectivity index (χ2v) is 5.74. The summed E-state index contributed by atoms with van der Waals surface area (Å²) in [5.74, 6) is 2.39. The highest BCUT2D eigenvalue weighted by molar-refractivity contribution is 14.0. The van der Waals surface area contributed by atoms with Crippen LogP contribution in [0.15, 0.2) is 15.6 Å². The molecule has 23 heavy (non-hydrogen) atoms. The van der Waals surface area contributed by atoms with Gasteiger partial charge in [0.2, 0.25) is 0 Å². The van der Waals surface area contributed by atoms with E-state index in [9.17, 15) is 0 Å². The number of nitrogens with one attached hydrogen (secondary N) is 2. The minimum Gasteiger partial charge on any atom is -0.359 e. The summed E-state index contributed by atoms with van der Waals surface area (Å²) < 4.78 is 5.27. The zero-order valence-corrected chi connectivity index (χ0v) is 17.4. The van der Waals surface area contributed by atoms with E-state index in [4.69, 9.17) is 4.52 Å². The molecule has 0 aliphatic carbocycles. The standard InChI is InChI=1S/C17H32N4O.HI/c1-5-8-10-14(9-6-2)12-19-17(18-4)20-13-16-11-15(7-3)21-22-16;/h11,14H,5-10,12-13H2,1-4H3,(H2,18,19,20);1H. The number of aryl methyl sites for hydroxylation is 1. The summed E-state index contributed by atoms with van der Waals surface area (Å²) in [6.07, 6.45) is 7.25. The predicted molar refractivity (Wildman–Crippen MR) is 107 cm³/mol. The molecule has 2 N–H and O–H groups in total. The normalized spacial score (nSPS) is 12.6. The minimum absolute atomic E-state index is 0. The van der Waals surface area contributed by atoms with Crippen molar-refractivity contribution in [3.63, 3.8) is 0 Å². The molecule has 0 bridgehead atoms. The van der Waals surface area contributed by atoms with Crippen LogP contribution in [0, 0.1) is 5.92 Å².